The van der Waals surface area contributed by atoms with Crippen LogP contribution in [0.3, 0.4) is 0 Å². The van der Waals surface area contributed by atoms with Crippen molar-refractivity contribution in [2.45, 2.75) is 25.4 Å². The van der Waals surface area contributed by atoms with E-state index in [2.05, 4.69) is 24.4 Å². The highest BCUT2D eigenvalue weighted by Crippen LogP contribution is 2.46. The fourth-order valence-electron chi connectivity index (χ4n) is 4.38. The van der Waals surface area contributed by atoms with E-state index in [-0.39, 0.29) is 47.6 Å². The fraction of sp³-hybridized carbons (Fsp3) is 0.200. The van der Waals surface area contributed by atoms with E-state index < -0.39 is 18.2 Å². The lowest BCUT2D eigenvalue weighted by Crippen LogP contribution is -2.26. The molecule has 0 saturated carbocycles. The number of rotatable bonds is 4. The standard InChI is InChI=1S/C25H16F5N5O3/c1-34-12-18(24(26,27)28)32-22(34)14-7-5-13(6-8-14)11-35-19(36)9-15-10-31-21(33-23(15)35)16-3-2-4-17-20(16)38-25(29,30)37-17/h2-8,10,12H,9,11H2,1H3. The Morgan fingerprint density at radius 2 is 1.82 bits per heavy atom. The van der Waals surface area contributed by atoms with Crippen molar-refractivity contribution in [3.8, 4) is 34.3 Å². The number of para-hydroxylation sites is 1. The molecule has 6 rings (SSSR count). The van der Waals surface area contributed by atoms with E-state index in [0.717, 1.165) is 6.20 Å². The van der Waals surface area contributed by atoms with Gasteiger partial charge in [-0.3, -0.25) is 9.69 Å². The summed E-state index contributed by atoms with van der Waals surface area (Å²) in [4.78, 5) is 26.6. The van der Waals surface area contributed by atoms with Crippen molar-refractivity contribution in [2.24, 2.45) is 7.05 Å². The number of carbonyl (C=O) groups is 1. The van der Waals surface area contributed by atoms with Crippen molar-refractivity contribution >= 4 is 11.7 Å². The first-order valence-corrected chi connectivity index (χ1v) is 11.2. The first-order valence-electron chi connectivity index (χ1n) is 11.2. The minimum Gasteiger partial charge on any atom is -0.395 e. The molecular weight excluding hydrogens is 513 g/mol. The summed E-state index contributed by atoms with van der Waals surface area (Å²) in [6, 6.07) is 10.9. The Hall–Kier alpha value is -4.55. The van der Waals surface area contributed by atoms with Gasteiger partial charge in [0.15, 0.2) is 23.0 Å². The molecule has 0 spiro atoms. The molecule has 0 saturated heterocycles. The number of aromatic nitrogens is 4. The topological polar surface area (TPSA) is 82.4 Å². The Balaban J connectivity index is 1.27. The number of imidazole rings is 1. The summed E-state index contributed by atoms with van der Waals surface area (Å²) in [6.07, 6.45) is -5.93. The number of carbonyl (C=O) groups excluding carboxylic acids is 1. The second-order valence-corrected chi connectivity index (χ2v) is 8.75. The van der Waals surface area contributed by atoms with Crippen molar-refractivity contribution in [1.82, 2.24) is 19.5 Å². The average Bonchev–Trinajstić information content (AvgIpc) is 3.50. The third-order valence-corrected chi connectivity index (χ3v) is 6.13. The minimum atomic E-state index is -4.56. The molecule has 2 aliphatic rings. The van der Waals surface area contributed by atoms with E-state index in [4.69, 9.17) is 0 Å². The maximum Gasteiger partial charge on any atom is 0.586 e. The summed E-state index contributed by atoms with van der Waals surface area (Å²) in [5, 5.41) is 0. The van der Waals surface area contributed by atoms with E-state index >= 15 is 0 Å². The normalized spacial score (nSPS) is 15.7. The zero-order valence-corrected chi connectivity index (χ0v) is 19.5. The molecule has 2 aromatic heterocycles. The minimum absolute atomic E-state index is 0.0613. The summed E-state index contributed by atoms with van der Waals surface area (Å²) in [6.45, 7) is 0.127. The van der Waals surface area contributed by atoms with Gasteiger partial charge in [0.25, 0.3) is 0 Å². The van der Waals surface area contributed by atoms with Gasteiger partial charge >= 0.3 is 12.5 Å². The SMILES string of the molecule is Cn1cc(C(F)(F)F)nc1-c1ccc(CN2C(=O)Cc3cnc(-c4cccc5c4OC(F)(F)O5)nc32)cc1. The first-order chi connectivity index (χ1) is 18.0. The third-order valence-electron chi connectivity index (χ3n) is 6.13. The molecule has 2 aromatic carbocycles. The van der Waals surface area contributed by atoms with Crippen LogP contribution in [-0.4, -0.2) is 31.7 Å². The molecule has 0 N–H and O–H groups in total. The highest BCUT2D eigenvalue weighted by molar-refractivity contribution is 6.00. The molecule has 13 heteroatoms. The number of halogens is 5. The van der Waals surface area contributed by atoms with Crippen LogP contribution < -0.4 is 14.4 Å². The third kappa shape index (κ3) is 4.09. The van der Waals surface area contributed by atoms with Crippen LogP contribution in [0, 0.1) is 0 Å². The Kier molecular flexibility index (Phi) is 5.16. The number of anilines is 1. The molecule has 0 fully saturated rings. The lowest BCUT2D eigenvalue weighted by molar-refractivity contribution is -0.286. The van der Waals surface area contributed by atoms with Gasteiger partial charge < -0.3 is 14.0 Å². The molecule has 4 heterocycles. The van der Waals surface area contributed by atoms with Crippen LogP contribution in [0.1, 0.15) is 16.8 Å². The molecule has 0 atom stereocenters. The first kappa shape index (κ1) is 23.8. The van der Waals surface area contributed by atoms with Gasteiger partial charge in [0.1, 0.15) is 11.6 Å². The molecule has 38 heavy (non-hydrogen) atoms. The maximum absolute atomic E-state index is 13.6. The van der Waals surface area contributed by atoms with E-state index in [1.165, 1.54) is 40.9 Å². The lowest BCUT2D eigenvalue weighted by atomic mass is 10.1. The van der Waals surface area contributed by atoms with Crippen molar-refractivity contribution in [3.63, 3.8) is 0 Å². The second kappa shape index (κ2) is 8.23. The zero-order chi connectivity index (χ0) is 26.8. The van der Waals surface area contributed by atoms with Gasteiger partial charge in [-0.15, -0.1) is 8.78 Å². The van der Waals surface area contributed by atoms with Gasteiger partial charge in [-0.2, -0.15) is 13.2 Å². The molecule has 194 valence electrons. The van der Waals surface area contributed by atoms with Crippen LogP contribution in [0.15, 0.2) is 54.9 Å². The largest absolute Gasteiger partial charge is 0.586 e. The van der Waals surface area contributed by atoms with Gasteiger partial charge in [-0.1, -0.05) is 30.3 Å². The van der Waals surface area contributed by atoms with Crippen molar-refractivity contribution in [1.29, 1.82) is 0 Å². The van der Waals surface area contributed by atoms with E-state index in [0.29, 0.717) is 22.5 Å². The maximum atomic E-state index is 13.6. The lowest BCUT2D eigenvalue weighted by Gasteiger charge is -2.17. The Morgan fingerprint density at radius 1 is 1.05 bits per heavy atom. The highest BCUT2D eigenvalue weighted by Gasteiger charge is 2.45. The van der Waals surface area contributed by atoms with Gasteiger partial charge in [0.05, 0.1) is 18.5 Å². The molecule has 1 amide bonds. The van der Waals surface area contributed by atoms with Crippen molar-refractivity contribution < 1.29 is 36.2 Å². The van der Waals surface area contributed by atoms with Crippen LogP contribution in [0.5, 0.6) is 11.5 Å². The molecular formula is C25H16F5N5O3. The van der Waals surface area contributed by atoms with Crippen LogP contribution >= 0.6 is 0 Å². The van der Waals surface area contributed by atoms with Crippen LogP contribution in [0.25, 0.3) is 22.8 Å². The van der Waals surface area contributed by atoms with Gasteiger partial charge in [-0.25, -0.2) is 15.0 Å². The highest BCUT2D eigenvalue weighted by atomic mass is 19.4. The molecule has 0 unspecified atom stereocenters. The quantitative estimate of drug-likeness (QED) is 0.347. The van der Waals surface area contributed by atoms with Crippen molar-refractivity contribution in [3.05, 3.63) is 71.7 Å². The monoisotopic (exact) mass is 529 g/mol. The molecule has 0 radical (unpaired) electrons. The van der Waals surface area contributed by atoms with Gasteiger partial charge in [0.2, 0.25) is 5.91 Å². The average molecular weight is 529 g/mol. The number of ether oxygens (including phenoxy) is 2. The predicted molar refractivity (Wildman–Crippen MR) is 122 cm³/mol. The summed E-state index contributed by atoms with van der Waals surface area (Å²) >= 11 is 0. The zero-order valence-electron chi connectivity index (χ0n) is 19.5. The Labute approximate surface area is 211 Å². The van der Waals surface area contributed by atoms with Crippen LogP contribution in [0.4, 0.5) is 27.8 Å². The number of hydrogen-bond donors (Lipinski definition) is 0. The smallest absolute Gasteiger partial charge is 0.395 e. The Bertz CT molecular complexity index is 1580. The summed E-state index contributed by atoms with van der Waals surface area (Å²) < 4.78 is 76.7. The van der Waals surface area contributed by atoms with E-state index in [1.54, 1.807) is 24.3 Å². The summed E-state index contributed by atoms with van der Waals surface area (Å²) in [5.41, 5.74) is 0.926. The fourth-order valence-corrected chi connectivity index (χ4v) is 4.38. The number of amides is 1. The molecule has 2 aliphatic heterocycles. The number of benzene rings is 2. The van der Waals surface area contributed by atoms with E-state index in [1.807, 2.05) is 0 Å². The number of nitrogens with zero attached hydrogens (tertiary/aromatic N) is 5. The number of aryl methyl sites for hydroxylation is 1. The molecule has 0 bridgehead atoms. The summed E-state index contributed by atoms with van der Waals surface area (Å²) in [5.74, 6) is -0.0417. The van der Waals surface area contributed by atoms with Crippen LogP contribution in [0.2, 0.25) is 0 Å². The molecule has 4 aromatic rings. The van der Waals surface area contributed by atoms with Crippen LogP contribution in [-0.2, 0) is 31.0 Å². The molecule has 8 nitrogen and oxygen atoms in total. The number of alkyl halides is 5. The van der Waals surface area contributed by atoms with E-state index in [9.17, 15) is 26.7 Å². The number of hydrogen-bond acceptors (Lipinski definition) is 6. The molecule has 0 aliphatic carbocycles. The Morgan fingerprint density at radius 3 is 2.53 bits per heavy atom. The van der Waals surface area contributed by atoms with Gasteiger partial charge in [0, 0.05) is 30.6 Å². The van der Waals surface area contributed by atoms with Crippen molar-refractivity contribution in [2.75, 3.05) is 4.90 Å². The van der Waals surface area contributed by atoms with Gasteiger partial charge in [-0.05, 0) is 17.7 Å². The number of fused-ring (bicyclic) bond motifs is 2. The summed E-state index contributed by atoms with van der Waals surface area (Å²) in [7, 11) is 1.48. The predicted octanol–water partition coefficient (Wildman–Crippen LogP) is 4.97. The second-order valence-electron chi connectivity index (χ2n) is 8.75.